The summed E-state index contributed by atoms with van der Waals surface area (Å²) >= 11 is 0. The summed E-state index contributed by atoms with van der Waals surface area (Å²) < 4.78 is 0. The zero-order valence-electron chi connectivity index (χ0n) is 21.7. The molecule has 0 radical (unpaired) electrons. The molecule has 0 saturated carbocycles. The van der Waals surface area contributed by atoms with Gasteiger partial charge in [-0.2, -0.15) is 0 Å². The molecule has 36 heavy (non-hydrogen) atoms. The van der Waals surface area contributed by atoms with Crippen LogP contribution >= 0.6 is 0 Å². The van der Waals surface area contributed by atoms with Gasteiger partial charge in [0.1, 0.15) is 23.7 Å². The van der Waals surface area contributed by atoms with Crippen LogP contribution in [0.2, 0.25) is 0 Å². The average molecular weight is 497 g/mol. The van der Waals surface area contributed by atoms with Gasteiger partial charge in [0.25, 0.3) is 0 Å². The molecule has 196 valence electrons. The molecule has 0 bridgehead atoms. The predicted octanol–water partition coefficient (Wildman–Crippen LogP) is 2.62. The first kappa shape index (κ1) is 27.4. The van der Waals surface area contributed by atoms with E-state index >= 15 is 0 Å². The van der Waals surface area contributed by atoms with Gasteiger partial charge in [0, 0.05) is 13.0 Å². The van der Waals surface area contributed by atoms with Crippen LogP contribution in [0.15, 0.2) is 42.5 Å². The summed E-state index contributed by atoms with van der Waals surface area (Å²) in [7, 11) is 0. The Bertz CT molecular complexity index is 960. The maximum absolute atomic E-state index is 13.6. The minimum Gasteiger partial charge on any atom is -0.343 e. The minimum atomic E-state index is -1.26. The van der Waals surface area contributed by atoms with E-state index < -0.39 is 29.6 Å². The van der Waals surface area contributed by atoms with Crippen molar-refractivity contribution >= 4 is 23.6 Å². The Labute approximate surface area is 214 Å². The number of fused-ring (bicyclic) bond motifs is 1. The first-order chi connectivity index (χ1) is 17.2. The molecule has 2 saturated heterocycles. The van der Waals surface area contributed by atoms with Gasteiger partial charge < -0.3 is 20.9 Å². The number of hydrogen-bond acceptors (Lipinski definition) is 4. The lowest BCUT2D eigenvalue weighted by atomic mass is 9.98. The Kier molecular flexibility index (Phi) is 9.67. The van der Waals surface area contributed by atoms with Crippen molar-refractivity contribution in [3.63, 3.8) is 0 Å². The highest BCUT2D eigenvalue weighted by molar-refractivity contribution is 5.99. The summed E-state index contributed by atoms with van der Waals surface area (Å²) in [6.45, 7) is 5.67. The van der Waals surface area contributed by atoms with Crippen LogP contribution in [0.1, 0.15) is 71.3 Å². The Morgan fingerprint density at radius 1 is 0.972 bits per heavy atom. The van der Waals surface area contributed by atoms with E-state index in [1.54, 1.807) is 18.7 Å². The van der Waals surface area contributed by atoms with Crippen LogP contribution in [0, 0.1) is 0 Å². The maximum Gasteiger partial charge on any atom is 0.246 e. The van der Waals surface area contributed by atoms with E-state index in [0.29, 0.717) is 32.2 Å². The first-order valence-corrected chi connectivity index (χ1v) is 13.1. The summed E-state index contributed by atoms with van der Waals surface area (Å²) in [5.74, 6) is -1.39. The van der Waals surface area contributed by atoms with Crippen molar-refractivity contribution < 1.29 is 19.2 Å². The molecule has 0 aliphatic carbocycles. The zero-order valence-corrected chi connectivity index (χ0v) is 21.7. The van der Waals surface area contributed by atoms with E-state index in [-0.39, 0.29) is 17.7 Å². The number of unbranched alkanes of at least 4 members (excludes halogenated alkanes) is 3. The van der Waals surface area contributed by atoms with Crippen molar-refractivity contribution in [2.45, 2.75) is 95.8 Å². The van der Waals surface area contributed by atoms with Crippen molar-refractivity contribution in [1.82, 2.24) is 20.9 Å². The highest BCUT2D eigenvalue weighted by Crippen LogP contribution is 2.21. The molecule has 8 nitrogen and oxygen atoms in total. The number of benzene rings is 1. The van der Waals surface area contributed by atoms with Gasteiger partial charge >= 0.3 is 0 Å². The molecular formula is C28H40N4O4. The zero-order chi connectivity index (χ0) is 26.1. The molecule has 2 fully saturated rings. The standard InChI is InChI=1S/C28H40N4O4/c1-4-5-6-7-8-12-16-21-24(33)31-28(2,3)27(36)30-22(19-20-14-10-9-11-15-20)26(35)32-18-13-17-23(32)25(34)29-21/h4-5,9-11,14-15,21-23H,6-8,12-13,16-19H2,1-3H3,(H,29,34)(H,30,36)(H,31,33)/b5-4+/t21?,22-,23-/m0/s1. The fourth-order valence-corrected chi connectivity index (χ4v) is 4.83. The number of amides is 4. The molecule has 4 amide bonds. The summed E-state index contributed by atoms with van der Waals surface area (Å²) in [5.41, 5.74) is -0.357. The lowest BCUT2D eigenvalue weighted by Gasteiger charge is -2.34. The molecule has 3 N–H and O–H groups in total. The van der Waals surface area contributed by atoms with Crippen molar-refractivity contribution in [2.75, 3.05) is 6.54 Å². The molecule has 2 aliphatic rings. The predicted molar refractivity (Wildman–Crippen MR) is 139 cm³/mol. The summed E-state index contributed by atoms with van der Waals surface area (Å²) in [4.78, 5) is 55.0. The highest BCUT2D eigenvalue weighted by Gasteiger charge is 2.42. The maximum atomic E-state index is 13.6. The summed E-state index contributed by atoms with van der Waals surface area (Å²) in [5, 5.41) is 8.59. The smallest absolute Gasteiger partial charge is 0.246 e. The lowest BCUT2D eigenvalue weighted by Crippen LogP contribution is -2.64. The molecule has 1 unspecified atom stereocenters. The van der Waals surface area contributed by atoms with E-state index in [1.807, 2.05) is 43.3 Å². The molecule has 0 aromatic heterocycles. The summed E-state index contributed by atoms with van der Waals surface area (Å²) in [6, 6.07) is 7.22. The molecule has 3 rings (SSSR count). The number of hydrogen-bond donors (Lipinski definition) is 3. The number of carbonyl (C=O) groups is 4. The van der Waals surface area contributed by atoms with Gasteiger partial charge in [0.15, 0.2) is 0 Å². The van der Waals surface area contributed by atoms with E-state index in [9.17, 15) is 19.2 Å². The topological polar surface area (TPSA) is 108 Å². The Hall–Kier alpha value is -3.16. The average Bonchev–Trinajstić information content (AvgIpc) is 3.34. The third-order valence-electron chi connectivity index (χ3n) is 6.96. The van der Waals surface area contributed by atoms with Gasteiger partial charge in [-0.05, 0) is 58.4 Å². The number of allylic oxidation sites excluding steroid dienone is 2. The van der Waals surface area contributed by atoms with Gasteiger partial charge in [-0.3, -0.25) is 19.2 Å². The third-order valence-corrected chi connectivity index (χ3v) is 6.96. The molecule has 8 heteroatoms. The normalized spacial score (nSPS) is 25.0. The SMILES string of the molecule is C/C=C/CCCCCC1NC(=O)[C@@H]2CCCN2C(=O)[C@H](Cc2ccccc2)NC(=O)C(C)(C)NC1=O. The first-order valence-electron chi connectivity index (χ1n) is 13.1. The van der Waals surface area contributed by atoms with E-state index in [4.69, 9.17) is 0 Å². The molecule has 1 aromatic rings. The van der Waals surface area contributed by atoms with Crippen LogP contribution in [0.25, 0.3) is 0 Å². The van der Waals surface area contributed by atoms with Crippen LogP contribution in [0.3, 0.4) is 0 Å². The van der Waals surface area contributed by atoms with Gasteiger partial charge in [-0.15, -0.1) is 0 Å². The lowest BCUT2D eigenvalue weighted by molar-refractivity contribution is -0.144. The second-order valence-electron chi connectivity index (χ2n) is 10.3. The Balaban J connectivity index is 1.82. The monoisotopic (exact) mass is 496 g/mol. The van der Waals surface area contributed by atoms with Gasteiger partial charge in [-0.25, -0.2) is 0 Å². The number of nitrogens with one attached hydrogen (secondary N) is 3. The largest absolute Gasteiger partial charge is 0.343 e. The number of rotatable bonds is 8. The molecule has 2 heterocycles. The van der Waals surface area contributed by atoms with Crippen LogP contribution in [0.4, 0.5) is 0 Å². The fourth-order valence-electron chi connectivity index (χ4n) is 4.83. The Morgan fingerprint density at radius 3 is 2.44 bits per heavy atom. The summed E-state index contributed by atoms with van der Waals surface area (Å²) in [6.07, 6.45) is 9.84. The van der Waals surface area contributed by atoms with E-state index in [1.165, 1.54) is 0 Å². The van der Waals surface area contributed by atoms with Crippen LogP contribution in [-0.4, -0.2) is 58.7 Å². The van der Waals surface area contributed by atoms with Crippen molar-refractivity contribution in [3.8, 4) is 0 Å². The molecular weight excluding hydrogens is 456 g/mol. The molecule has 3 atom stereocenters. The highest BCUT2D eigenvalue weighted by atomic mass is 16.2. The number of carbonyl (C=O) groups excluding carboxylic acids is 4. The third kappa shape index (κ3) is 7.18. The molecule has 1 aromatic carbocycles. The van der Waals surface area contributed by atoms with Crippen molar-refractivity contribution in [1.29, 1.82) is 0 Å². The van der Waals surface area contributed by atoms with Crippen LogP contribution in [0.5, 0.6) is 0 Å². The second-order valence-corrected chi connectivity index (χ2v) is 10.3. The Morgan fingerprint density at radius 2 is 1.72 bits per heavy atom. The van der Waals surface area contributed by atoms with Gasteiger partial charge in [0.2, 0.25) is 23.6 Å². The quantitative estimate of drug-likeness (QED) is 0.380. The van der Waals surface area contributed by atoms with Gasteiger partial charge in [0.05, 0.1) is 0 Å². The minimum absolute atomic E-state index is 0.270. The van der Waals surface area contributed by atoms with E-state index in [0.717, 1.165) is 31.2 Å². The molecule has 2 aliphatic heterocycles. The van der Waals surface area contributed by atoms with Crippen molar-refractivity contribution in [2.24, 2.45) is 0 Å². The van der Waals surface area contributed by atoms with Crippen LogP contribution in [-0.2, 0) is 25.6 Å². The fraction of sp³-hybridized carbons (Fsp3) is 0.571. The van der Waals surface area contributed by atoms with E-state index in [2.05, 4.69) is 22.0 Å². The van der Waals surface area contributed by atoms with Gasteiger partial charge in [-0.1, -0.05) is 55.3 Å². The van der Waals surface area contributed by atoms with Crippen LogP contribution < -0.4 is 16.0 Å². The van der Waals surface area contributed by atoms with Crippen molar-refractivity contribution in [3.05, 3.63) is 48.0 Å². The number of nitrogens with zero attached hydrogens (tertiary/aromatic N) is 1. The second kappa shape index (κ2) is 12.7. The molecule has 0 spiro atoms.